The first-order valence-electron chi connectivity index (χ1n) is 11.4. The number of hydrogen-bond acceptors (Lipinski definition) is 5. The van der Waals surface area contributed by atoms with Gasteiger partial charge in [-0.05, 0) is 36.8 Å². The Balaban J connectivity index is 1.80. The number of nitrogens with one attached hydrogen (secondary N) is 2. The second-order valence-electron chi connectivity index (χ2n) is 9.40. The van der Waals surface area contributed by atoms with Gasteiger partial charge in [0, 0.05) is 28.7 Å². The number of carbonyl (C=O) groups excluding carboxylic acids is 2. The molecule has 2 aromatic heterocycles. The summed E-state index contributed by atoms with van der Waals surface area (Å²) in [7, 11) is -1.67. The van der Waals surface area contributed by atoms with E-state index in [1.54, 1.807) is 12.4 Å². The van der Waals surface area contributed by atoms with Crippen LogP contribution in [0, 0.1) is 11.8 Å². The average molecular weight is 452 g/mol. The van der Waals surface area contributed by atoms with Gasteiger partial charge in [-0.25, -0.2) is 0 Å². The number of para-hydroxylation sites is 1. The highest BCUT2D eigenvalue weighted by atomic mass is 16.4. The maximum absolute atomic E-state index is 13.1. The Labute approximate surface area is 194 Å². The van der Waals surface area contributed by atoms with Crippen LogP contribution in [0.15, 0.2) is 42.7 Å². The first-order chi connectivity index (χ1) is 15.7. The van der Waals surface area contributed by atoms with E-state index in [0.29, 0.717) is 12.8 Å². The van der Waals surface area contributed by atoms with Crippen molar-refractivity contribution in [3.05, 3.63) is 42.7 Å². The molecule has 0 radical (unpaired) electrons. The monoisotopic (exact) mass is 452 g/mol. The van der Waals surface area contributed by atoms with Gasteiger partial charge in [-0.1, -0.05) is 45.9 Å². The van der Waals surface area contributed by atoms with Crippen LogP contribution in [0.4, 0.5) is 0 Å². The molecule has 0 unspecified atom stereocenters. The fourth-order valence-electron chi connectivity index (χ4n) is 4.20. The molecular formula is C24H33BN4O4. The van der Waals surface area contributed by atoms with Gasteiger partial charge < -0.3 is 25.2 Å². The minimum Gasteiger partial charge on any atom is -0.426 e. The number of benzene rings is 1. The molecule has 0 aliphatic carbocycles. The molecule has 2 atom stereocenters. The number of pyridine rings is 1. The van der Waals surface area contributed by atoms with Crippen LogP contribution in [0.1, 0.15) is 40.5 Å². The van der Waals surface area contributed by atoms with Gasteiger partial charge in [0.25, 0.3) is 0 Å². The van der Waals surface area contributed by atoms with Gasteiger partial charge in [0.05, 0.1) is 11.5 Å². The van der Waals surface area contributed by atoms with Crippen molar-refractivity contribution in [2.24, 2.45) is 11.8 Å². The maximum Gasteiger partial charge on any atom is 0.475 e. The Morgan fingerprint density at radius 3 is 2.30 bits per heavy atom. The van der Waals surface area contributed by atoms with Crippen molar-refractivity contribution in [2.45, 2.75) is 59.1 Å². The van der Waals surface area contributed by atoms with E-state index in [4.69, 9.17) is 0 Å². The van der Waals surface area contributed by atoms with Crippen LogP contribution in [0.25, 0.3) is 21.8 Å². The lowest BCUT2D eigenvalue weighted by Crippen LogP contribution is -2.55. The molecule has 176 valence electrons. The van der Waals surface area contributed by atoms with Crippen molar-refractivity contribution in [2.75, 3.05) is 0 Å². The molecule has 0 aliphatic rings. The first kappa shape index (κ1) is 24.7. The van der Waals surface area contributed by atoms with Gasteiger partial charge in [0.2, 0.25) is 11.8 Å². The van der Waals surface area contributed by atoms with Crippen LogP contribution in [0.3, 0.4) is 0 Å². The zero-order valence-corrected chi connectivity index (χ0v) is 19.7. The van der Waals surface area contributed by atoms with E-state index in [2.05, 4.69) is 15.6 Å². The molecule has 2 heterocycles. The fraction of sp³-hybridized carbons (Fsp3) is 0.458. The van der Waals surface area contributed by atoms with Gasteiger partial charge in [-0.3, -0.25) is 14.6 Å². The zero-order valence-electron chi connectivity index (χ0n) is 19.7. The third-order valence-electron chi connectivity index (χ3n) is 5.65. The largest absolute Gasteiger partial charge is 0.475 e. The van der Waals surface area contributed by atoms with Gasteiger partial charge >= 0.3 is 7.12 Å². The number of hydrogen-bond donors (Lipinski definition) is 4. The molecule has 2 amide bonds. The van der Waals surface area contributed by atoms with E-state index in [1.165, 1.54) is 0 Å². The molecule has 0 saturated carbocycles. The van der Waals surface area contributed by atoms with E-state index in [1.807, 2.05) is 62.6 Å². The predicted molar refractivity (Wildman–Crippen MR) is 130 cm³/mol. The van der Waals surface area contributed by atoms with Gasteiger partial charge in [0.15, 0.2) is 0 Å². The molecule has 33 heavy (non-hydrogen) atoms. The highest BCUT2D eigenvalue weighted by Gasteiger charge is 2.30. The number of amides is 2. The summed E-state index contributed by atoms with van der Waals surface area (Å²) in [5.41, 5.74) is 1.81. The minimum atomic E-state index is -1.67. The summed E-state index contributed by atoms with van der Waals surface area (Å²) in [6.07, 6.45) is 4.33. The summed E-state index contributed by atoms with van der Waals surface area (Å²) in [4.78, 5) is 30.3. The molecule has 0 bridgehead atoms. The highest BCUT2D eigenvalue weighted by Crippen LogP contribution is 2.27. The second kappa shape index (κ2) is 10.8. The Morgan fingerprint density at radius 1 is 0.970 bits per heavy atom. The Bertz CT molecular complexity index is 1060. The van der Waals surface area contributed by atoms with Crippen molar-refractivity contribution in [3.8, 4) is 0 Å². The summed E-state index contributed by atoms with van der Waals surface area (Å²) in [5, 5.41) is 26.9. The molecule has 3 aromatic rings. The standard InChI is InChI=1S/C24H33BN4O4/c1-15(2)11-19(24(31)28-22(25(32)33)12-16(3)4)27-23(30)14-29-20-8-6-5-7-17(20)18-13-26-10-9-21(18)29/h5-10,13,15-16,19,22,32-33H,11-12,14H2,1-4H3,(H,27,30)(H,28,31)/t19-,22-/m0/s1. The summed E-state index contributed by atoms with van der Waals surface area (Å²) in [6, 6.07) is 8.93. The predicted octanol–water partition coefficient (Wildman–Crippen LogP) is 2.26. The van der Waals surface area contributed by atoms with Crippen LogP contribution in [0.2, 0.25) is 0 Å². The number of carbonyl (C=O) groups is 2. The molecule has 0 saturated heterocycles. The topological polar surface area (TPSA) is 116 Å². The lowest BCUT2D eigenvalue weighted by atomic mass is 9.75. The van der Waals surface area contributed by atoms with Crippen molar-refractivity contribution in [1.82, 2.24) is 20.2 Å². The first-order valence-corrected chi connectivity index (χ1v) is 11.4. The molecule has 9 heteroatoms. The van der Waals surface area contributed by atoms with Crippen LogP contribution < -0.4 is 10.6 Å². The Kier molecular flexibility index (Phi) is 8.10. The van der Waals surface area contributed by atoms with Crippen LogP contribution in [0.5, 0.6) is 0 Å². The third kappa shape index (κ3) is 6.12. The Morgan fingerprint density at radius 2 is 1.64 bits per heavy atom. The van der Waals surface area contributed by atoms with Gasteiger partial charge in [0.1, 0.15) is 12.6 Å². The molecule has 1 aromatic carbocycles. The number of nitrogens with zero attached hydrogens (tertiary/aromatic N) is 2. The zero-order chi connectivity index (χ0) is 24.1. The molecule has 0 spiro atoms. The highest BCUT2D eigenvalue weighted by molar-refractivity contribution is 6.43. The van der Waals surface area contributed by atoms with E-state index in [9.17, 15) is 19.6 Å². The number of aromatic nitrogens is 2. The van der Waals surface area contributed by atoms with Crippen molar-refractivity contribution in [3.63, 3.8) is 0 Å². The number of rotatable bonds is 10. The molecular weight excluding hydrogens is 419 g/mol. The second-order valence-corrected chi connectivity index (χ2v) is 9.40. The van der Waals surface area contributed by atoms with E-state index < -0.39 is 25.0 Å². The SMILES string of the molecule is CC(C)C[C@H](NC(=O)[C@H](CC(C)C)NC(=O)Cn1c2ccccc2c2cnccc21)B(O)O. The molecule has 0 fully saturated rings. The van der Waals surface area contributed by atoms with Crippen LogP contribution in [-0.4, -0.2) is 50.5 Å². The maximum atomic E-state index is 13.1. The normalized spacial score (nSPS) is 13.5. The van der Waals surface area contributed by atoms with E-state index in [0.717, 1.165) is 21.8 Å². The lowest BCUT2D eigenvalue weighted by molar-refractivity contribution is -0.129. The van der Waals surface area contributed by atoms with Crippen molar-refractivity contribution in [1.29, 1.82) is 0 Å². The third-order valence-corrected chi connectivity index (χ3v) is 5.65. The number of fused-ring (bicyclic) bond motifs is 3. The van der Waals surface area contributed by atoms with Gasteiger partial charge in [-0.15, -0.1) is 0 Å². The van der Waals surface area contributed by atoms with E-state index >= 15 is 0 Å². The average Bonchev–Trinajstić information content (AvgIpc) is 3.06. The minimum absolute atomic E-state index is 0.0496. The summed E-state index contributed by atoms with van der Waals surface area (Å²) in [5.74, 6) is -1.18. The smallest absolute Gasteiger partial charge is 0.426 e. The summed E-state index contributed by atoms with van der Waals surface area (Å²) < 4.78 is 1.92. The molecule has 0 aliphatic heterocycles. The summed E-state index contributed by atoms with van der Waals surface area (Å²) in [6.45, 7) is 7.87. The van der Waals surface area contributed by atoms with Crippen LogP contribution in [-0.2, 0) is 16.1 Å². The fourth-order valence-corrected chi connectivity index (χ4v) is 4.20. The molecule has 8 nitrogen and oxygen atoms in total. The molecule has 4 N–H and O–H groups in total. The lowest BCUT2D eigenvalue weighted by Gasteiger charge is -2.25. The molecule has 3 rings (SSSR count). The van der Waals surface area contributed by atoms with Crippen molar-refractivity contribution >= 4 is 40.7 Å². The Hall–Kier alpha value is -2.91. The summed E-state index contributed by atoms with van der Waals surface area (Å²) >= 11 is 0. The quantitative estimate of drug-likeness (QED) is 0.352. The van der Waals surface area contributed by atoms with Crippen LogP contribution >= 0.6 is 0 Å². The van der Waals surface area contributed by atoms with E-state index in [-0.39, 0.29) is 24.3 Å². The van der Waals surface area contributed by atoms with Gasteiger partial charge in [-0.2, -0.15) is 0 Å². The van der Waals surface area contributed by atoms with Crippen molar-refractivity contribution < 1.29 is 19.6 Å².